The van der Waals surface area contributed by atoms with Crippen molar-refractivity contribution in [1.82, 2.24) is 4.90 Å². The highest BCUT2D eigenvalue weighted by molar-refractivity contribution is 6.09. The van der Waals surface area contributed by atoms with Crippen molar-refractivity contribution in [3.8, 4) is 28.7 Å². The van der Waals surface area contributed by atoms with Gasteiger partial charge in [-0.25, -0.2) is 0 Å². The van der Waals surface area contributed by atoms with Gasteiger partial charge in [-0.3, -0.25) is 0 Å². The molecule has 1 unspecified atom stereocenters. The van der Waals surface area contributed by atoms with E-state index in [2.05, 4.69) is 104 Å². The first-order valence-electron chi connectivity index (χ1n) is 15.8. The molecule has 4 aliphatic rings. The van der Waals surface area contributed by atoms with Crippen LogP contribution in [0.15, 0.2) is 96.2 Å². The number of nitrogens with zero attached hydrogens (tertiary/aromatic N) is 2. The van der Waals surface area contributed by atoms with E-state index < -0.39 is 5.60 Å². The number of ether oxygens (including phenoxy) is 3. The van der Waals surface area contributed by atoms with E-state index in [4.69, 9.17) is 14.2 Å². The minimum absolute atomic E-state index is 0.323. The lowest BCUT2D eigenvalue weighted by Crippen LogP contribution is -2.38. The van der Waals surface area contributed by atoms with E-state index in [1.165, 1.54) is 33.5 Å². The first kappa shape index (κ1) is 27.7. The van der Waals surface area contributed by atoms with Gasteiger partial charge < -0.3 is 19.1 Å². The largest absolute Gasteiger partial charge is 0.497 e. The molecule has 4 aromatic rings. The summed E-state index contributed by atoms with van der Waals surface area (Å²) in [6, 6.07) is 25.4. The number of morpholine rings is 1. The fourth-order valence-electron chi connectivity index (χ4n) is 7.91. The molecule has 5 nitrogen and oxygen atoms in total. The molecule has 2 aliphatic carbocycles. The quantitative estimate of drug-likeness (QED) is 0.239. The van der Waals surface area contributed by atoms with Gasteiger partial charge in [-0.1, -0.05) is 62.4 Å². The van der Waals surface area contributed by atoms with Crippen molar-refractivity contribution < 1.29 is 14.2 Å². The molecule has 5 heteroatoms. The number of hydrogen-bond acceptors (Lipinski definition) is 5. The van der Waals surface area contributed by atoms with Crippen molar-refractivity contribution in [1.29, 1.82) is 5.26 Å². The molecule has 224 valence electrons. The van der Waals surface area contributed by atoms with Gasteiger partial charge in [0.15, 0.2) is 5.60 Å². The molecule has 45 heavy (non-hydrogen) atoms. The second kappa shape index (κ2) is 10.4. The zero-order chi connectivity index (χ0) is 30.8. The zero-order valence-corrected chi connectivity index (χ0v) is 26.0. The van der Waals surface area contributed by atoms with Gasteiger partial charge in [-0.2, -0.15) is 5.26 Å². The minimum atomic E-state index is -0.755. The normalized spacial score (nSPS) is 21.2. The van der Waals surface area contributed by atoms with Gasteiger partial charge in [0.2, 0.25) is 0 Å². The van der Waals surface area contributed by atoms with Crippen LogP contribution < -0.4 is 9.47 Å². The molecule has 1 atom stereocenters. The molecule has 0 spiro atoms. The summed E-state index contributed by atoms with van der Waals surface area (Å²) in [6.45, 7) is 7.98. The Kier molecular flexibility index (Phi) is 6.41. The first-order chi connectivity index (χ1) is 21.9. The number of benzene rings is 4. The standard InChI is InChI=1S/C40H36N2O3/c1-39(2)35-23-26(25-41)9-15-32(35)36-31-16-14-30(43-3)24-34(31)38-33(37(36)39)17-18-40(45-38,27-7-5-4-6-8-27)28-10-12-29(13-11-28)42-19-21-44-22-20-42/h4-10,12,14-18,23-24H,11,13,19-22H2,1-3H3. The summed E-state index contributed by atoms with van der Waals surface area (Å²) in [5.74, 6) is 1.67. The Morgan fingerprint density at radius 1 is 0.911 bits per heavy atom. The van der Waals surface area contributed by atoms with Crippen molar-refractivity contribution in [2.75, 3.05) is 33.4 Å². The second-order valence-corrected chi connectivity index (χ2v) is 12.9. The maximum absolute atomic E-state index is 9.75. The van der Waals surface area contributed by atoms with Crippen molar-refractivity contribution in [2.45, 2.75) is 37.7 Å². The minimum Gasteiger partial charge on any atom is -0.497 e. The Labute approximate surface area is 264 Å². The average Bonchev–Trinajstić information content (AvgIpc) is 3.34. The summed E-state index contributed by atoms with van der Waals surface area (Å²) in [5.41, 5.74) is 9.22. The fourth-order valence-corrected chi connectivity index (χ4v) is 7.91. The van der Waals surface area contributed by atoms with Crippen LogP contribution in [0.3, 0.4) is 0 Å². The number of rotatable bonds is 4. The Morgan fingerprint density at radius 3 is 2.47 bits per heavy atom. The first-order valence-corrected chi connectivity index (χ1v) is 15.8. The van der Waals surface area contributed by atoms with Crippen LogP contribution in [0.4, 0.5) is 0 Å². The summed E-state index contributed by atoms with van der Waals surface area (Å²) < 4.78 is 18.8. The van der Waals surface area contributed by atoms with Gasteiger partial charge >= 0.3 is 0 Å². The maximum atomic E-state index is 9.75. The van der Waals surface area contributed by atoms with Crippen LogP contribution in [-0.4, -0.2) is 38.3 Å². The summed E-state index contributed by atoms with van der Waals surface area (Å²) in [4.78, 5) is 2.46. The molecule has 0 saturated carbocycles. The van der Waals surface area contributed by atoms with E-state index in [1.807, 2.05) is 12.1 Å². The van der Waals surface area contributed by atoms with E-state index >= 15 is 0 Å². The fraction of sp³-hybridized carbons (Fsp3) is 0.275. The van der Waals surface area contributed by atoms with E-state index in [9.17, 15) is 5.26 Å². The highest BCUT2D eigenvalue weighted by Gasteiger charge is 2.45. The third-order valence-corrected chi connectivity index (χ3v) is 10.2. The summed E-state index contributed by atoms with van der Waals surface area (Å²) in [5, 5.41) is 11.9. The van der Waals surface area contributed by atoms with Gasteiger partial charge in [0.25, 0.3) is 0 Å². The molecule has 1 fully saturated rings. The van der Waals surface area contributed by atoms with Crippen LogP contribution in [-0.2, 0) is 15.8 Å². The molecule has 8 rings (SSSR count). The predicted molar refractivity (Wildman–Crippen MR) is 178 cm³/mol. The third kappa shape index (κ3) is 4.16. The summed E-state index contributed by atoms with van der Waals surface area (Å²) >= 11 is 0. The predicted octanol–water partition coefficient (Wildman–Crippen LogP) is 8.26. The van der Waals surface area contributed by atoms with E-state index in [0.717, 1.165) is 72.5 Å². The lowest BCUT2D eigenvalue weighted by molar-refractivity contribution is 0.0516. The van der Waals surface area contributed by atoms with Crippen LogP contribution in [0.2, 0.25) is 0 Å². The molecule has 0 aromatic heterocycles. The maximum Gasteiger partial charge on any atom is 0.174 e. The summed E-state index contributed by atoms with van der Waals surface area (Å²) in [6.07, 6.45) is 11.0. The molecule has 0 N–H and O–H groups in total. The smallest absolute Gasteiger partial charge is 0.174 e. The average molecular weight is 593 g/mol. The number of hydrogen-bond donors (Lipinski definition) is 0. The third-order valence-electron chi connectivity index (χ3n) is 10.2. The van der Waals surface area contributed by atoms with Crippen molar-refractivity contribution >= 4 is 16.8 Å². The topological polar surface area (TPSA) is 54.7 Å². The van der Waals surface area contributed by atoms with Gasteiger partial charge in [-0.05, 0) is 88.5 Å². The molecule has 4 aromatic carbocycles. The SMILES string of the molecule is COc1ccc2c3c(c4c(c2c1)OC(C1=CC=C(N2CCOCC2)CC1)(c1ccccc1)C=C4)C(C)(C)c1cc(C#N)ccc1-3. The van der Waals surface area contributed by atoms with E-state index in [1.54, 1.807) is 7.11 Å². The molecule has 0 bridgehead atoms. The number of nitriles is 1. The highest BCUT2D eigenvalue weighted by Crippen LogP contribution is 2.58. The van der Waals surface area contributed by atoms with E-state index in [0.29, 0.717) is 5.56 Å². The Hall–Kier alpha value is -4.79. The van der Waals surface area contributed by atoms with Crippen LogP contribution in [0, 0.1) is 11.3 Å². The number of methoxy groups -OCH3 is 1. The Balaban J connectivity index is 1.36. The lowest BCUT2D eigenvalue weighted by atomic mass is 9.75. The molecular formula is C40H36N2O3. The van der Waals surface area contributed by atoms with Crippen LogP contribution in [0.25, 0.3) is 28.0 Å². The molecule has 1 saturated heterocycles. The molecule has 0 amide bonds. The van der Waals surface area contributed by atoms with Gasteiger partial charge in [-0.15, -0.1) is 0 Å². The molecule has 2 heterocycles. The Bertz CT molecular complexity index is 1990. The number of fused-ring (bicyclic) bond motifs is 8. The summed E-state index contributed by atoms with van der Waals surface area (Å²) in [7, 11) is 1.71. The van der Waals surface area contributed by atoms with Crippen molar-refractivity contribution in [2.24, 2.45) is 0 Å². The van der Waals surface area contributed by atoms with Crippen LogP contribution in [0.5, 0.6) is 11.5 Å². The molecule has 2 aliphatic heterocycles. The van der Waals surface area contributed by atoms with Crippen molar-refractivity contribution in [3.05, 3.63) is 124 Å². The van der Waals surface area contributed by atoms with Gasteiger partial charge in [0.1, 0.15) is 11.5 Å². The Morgan fingerprint density at radius 2 is 1.73 bits per heavy atom. The highest BCUT2D eigenvalue weighted by atomic mass is 16.5. The monoisotopic (exact) mass is 592 g/mol. The number of allylic oxidation sites excluding steroid dienone is 3. The van der Waals surface area contributed by atoms with Crippen molar-refractivity contribution in [3.63, 3.8) is 0 Å². The van der Waals surface area contributed by atoms with Gasteiger partial charge in [0.05, 0.1) is 32.0 Å². The van der Waals surface area contributed by atoms with E-state index in [-0.39, 0.29) is 5.41 Å². The van der Waals surface area contributed by atoms with Crippen LogP contribution in [0.1, 0.15) is 54.5 Å². The van der Waals surface area contributed by atoms with Gasteiger partial charge in [0, 0.05) is 40.7 Å². The van der Waals surface area contributed by atoms with Crippen LogP contribution >= 0.6 is 0 Å². The second-order valence-electron chi connectivity index (χ2n) is 12.9. The molecule has 0 radical (unpaired) electrons. The zero-order valence-electron chi connectivity index (χ0n) is 26.0. The molecular weight excluding hydrogens is 556 g/mol. The lowest BCUT2D eigenvalue weighted by Gasteiger charge is -2.41.